The maximum absolute atomic E-state index is 9.25. The number of ether oxygens (including phenoxy) is 3. The van der Waals surface area contributed by atoms with Gasteiger partial charge in [0.15, 0.2) is 11.5 Å². The van der Waals surface area contributed by atoms with Gasteiger partial charge in [-0.15, -0.1) is 0 Å². The zero-order valence-electron chi connectivity index (χ0n) is 10.4. The quantitative estimate of drug-likeness (QED) is 0.706. The summed E-state index contributed by atoms with van der Waals surface area (Å²) >= 11 is 0. The Bertz CT molecular complexity index is 325. The summed E-state index contributed by atoms with van der Waals surface area (Å²) in [6.45, 7) is 6.00. The third-order valence-electron chi connectivity index (χ3n) is 2.21. The molecule has 0 radical (unpaired) electrons. The van der Waals surface area contributed by atoms with Gasteiger partial charge in [-0.2, -0.15) is 0 Å². The number of hydrogen-bond donors (Lipinski definition) is 1. The van der Waals surface area contributed by atoms with Crippen LogP contribution in [0, 0.1) is 0 Å². The second-order valence-corrected chi connectivity index (χ2v) is 3.38. The largest absolute Gasteiger partial charge is 0.490 e. The summed E-state index contributed by atoms with van der Waals surface area (Å²) in [7, 11) is 0. The Kier molecular flexibility index (Phi) is 6.43. The monoisotopic (exact) mass is 240 g/mol. The van der Waals surface area contributed by atoms with Crippen LogP contribution in [-0.4, -0.2) is 31.5 Å². The van der Waals surface area contributed by atoms with Crippen molar-refractivity contribution >= 4 is 0 Å². The van der Waals surface area contributed by atoms with E-state index in [0.717, 1.165) is 5.56 Å². The van der Waals surface area contributed by atoms with E-state index in [1.54, 1.807) is 0 Å². The predicted molar refractivity (Wildman–Crippen MR) is 65.5 cm³/mol. The molecule has 0 heterocycles. The Labute approximate surface area is 102 Å². The zero-order valence-corrected chi connectivity index (χ0v) is 10.4. The van der Waals surface area contributed by atoms with E-state index in [1.165, 1.54) is 0 Å². The first-order valence-electron chi connectivity index (χ1n) is 5.89. The van der Waals surface area contributed by atoms with Crippen LogP contribution in [0.3, 0.4) is 0 Å². The van der Waals surface area contributed by atoms with E-state index in [0.29, 0.717) is 37.9 Å². The summed E-state index contributed by atoms with van der Waals surface area (Å²) in [5, 5.41) is 9.25. The van der Waals surface area contributed by atoms with Crippen LogP contribution in [0.5, 0.6) is 11.5 Å². The van der Waals surface area contributed by atoms with Gasteiger partial charge in [0, 0.05) is 12.2 Å². The average Bonchev–Trinajstić information content (AvgIpc) is 2.36. The smallest absolute Gasteiger partial charge is 0.166 e. The first-order valence-corrected chi connectivity index (χ1v) is 5.89. The van der Waals surface area contributed by atoms with Crippen molar-refractivity contribution in [1.29, 1.82) is 0 Å². The van der Waals surface area contributed by atoms with Gasteiger partial charge in [0.25, 0.3) is 0 Å². The van der Waals surface area contributed by atoms with Gasteiger partial charge in [0.1, 0.15) is 6.61 Å². The van der Waals surface area contributed by atoms with Crippen molar-refractivity contribution in [3.63, 3.8) is 0 Å². The van der Waals surface area contributed by atoms with E-state index in [1.807, 2.05) is 32.0 Å². The number of hydrogen-bond acceptors (Lipinski definition) is 4. The van der Waals surface area contributed by atoms with E-state index < -0.39 is 0 Å². The Morgan fingerprint density at radius 2 is 1.88 bits per heavy atom. The molecule has 0 atom stereocenters. The first-order chi connectivity index (χ1) is 8.33. The van der Waals surface area contributed by atoms with Gasteiger partial charge < -0.3 is 19.3 Å². The Morgan fingerprint density at radius 3 is 2.53 bits per heavy atom. The van der Waals surface area contributed by atoms with Crippen LogP contribution in [0.4, 0.5) is 0 Å². The van der Waals surface area contributed by atoms with Gasteiger partial charge >= 0.3 is 0 Å². The third kappa shape index (κ3) is 4.24. The van der Waals surface area contributed by atoms with Crippen LogP contribution < -0.4 is 9.47 Å². The average molecular weight is 240 g/mol. The maximum Gasteiger partial charge on any atom is 0.166 e. The molecule has 0 unspecified atom stereocenters. The van der Waals surface area contributed by atoms with Gasteiger partial charge in [-0.3, -0.25) is 0 Å². The van der Waals surface area contributed by atoms with Gasteiger partial charge in [-0.1, -0.05) is 12.1 Å². The first kappa shape index (κ1) is 13.8. The molecule has 1 aromatic rings. The van der Waals surface area contributed by atoms with Crippen molar-refractivity contribution < 1.29 is 19.3 Å². The minimum atomic E-state index is -0.0646. The molecule has 1 N–H and O–H groups in total. The molecular formula is C13H20O4. The topological polar surface area (TPSA) is 47.9 Å². The molecule has 1 aromatic carbocycles. The van der Waals surface area contributed by atoms with E-state index in [2.05, 4.69) is 0 Å². The van der Waals surface area contributed by atoms with Gasteiger partial charge in [-0.05, 0) is 19.9 Å². The van der Waals surface area contributed by atoms with Crippen molar-refractivity contribution in [2.24, 2.45) is 0 Å². The normalized spacial score (nSPS) is 10.3. The summed E-state index contributed by atoms with van der Waals surface area (Å²) in [6, 6.07) is 5.49. The van der Waals surface area contributed by atoms with Crippen LogP contribution in [0.1, 0.15) is 19.4 Å². The zero-order chi connectivity index (χ0) is 12.5. The molecule has 0 aliphatic rings. The standard InChI is InChI=1S/C13H20O4/c1-3-15-8-9-17-13-11(10-14)6-5-7-12(13)16-4-2/h5-7,14H,3-4,8-10H2,1-2H3. The summed E-state index contributed by atoms with van der Waals surface area (Å²) in [5.41, 5.74) is 0.729. The molecule has 0 saturated carbocycles. The maximum atomic E-state index is 9.25. The van der Waals surface area contributed by atoms with Crippen LogP contribution in [0.15, 0.2) is 18.2 Å². The van der Waals surface area contributed by atoms with E-state index in [-0.39, 0.29) is 6.61 Å². The van der Waals surface area contributed by atoms with Crippen molar-refractivity contribution in [2.75, 3.05) is 26.4 Å². The minimum absolute atomic E-state index is 0.0646. The molecular weight excluding hydrogens is 220 g/mol. The van der Waals surface area contributed by atoms with Gasteiger partial charge in [0.05, 0.1) is 19.8 Å². The van der Waals surface area contributed by atoms with Gasteiger partial charge in [-0.25, -0.2) is 0 Å². The van der Waals surface area contributed by atoms with Crippen LogP contribution in [0.2, 0.25) is 0 Å². The van der Waals surface area contributed by atoms with E-state index in [9.17, 15) is 5.11 Å². The summed E-state index contributed by atoms with van der Waals surface area (Å²) < 4.78 is 16.3. The minimum Gasteiger partial charge on any atom is -0.490 e. The lowest BCUT2D eigenvalue weighted by Crippen LogP contribution is -2.09. The van der Waals surface area contributed by atoms with Crippen molar-refractivity contribution in [3.8, 4) is 11.5 Å². The van der Waals surface area contributed by atoms with Crippen LogP contribution >= 0.6 is 0 Å². The molecule has 0 saturated heterocycles. The third-order valence-corrected chi connectivity index (χ3v) is 2.21. The highest BCUT2D eigenvalue weighted by Crippen LogP contribution is 2.31. The Balaban J connectivity index is 2.70. The molecule has 0 aliphatic heterocycles. The van der Waals surface area contributed by atoms with Crippen LogP contribution in [0.25, 0.3) is 0 Å². The van der Waals surface area contributed by atoms with Crippen molar-refractivity contribution in [3.05, 3.63) is 23.8 Å². The highest BCUT2D eigenvalue weighted by molar-refractivity contribution is 5.46. The fourth-order valence-corrected chi connectivity index (χ4v) is 1.47. The van der Waals surface area contributed by atoms with Gasteiger partial charge in [0.2, 0.25) is 0 Å². The second-order valence-electron chi connectivity index (χ2n) is 3.38. The van der Waals surface area contributed by atoms with E-state index in [4.69, 9.17) is 14.2 Å². The lowest BCUT2D eigenvalue weighted by molar-refractivity contribution is 0.107. The fourth-order valence-electron chi connectivity index (χ4n) is 1.47. The highest BCUT2D eigenvalue weighted by atomic mass is 16.5. The van der Waals surface area contributed by atoms with E-state index >= 15 is 0 Å². The molecule has 0 aromatic heterocycles. The SMILES string of the molecule is CCOCCOc1c(CO)cccc1OCC. The molecule has 96 valence electrons. The molecule has 4 heteroatoms. The highest BCUT2D eigenvalue weighted by Gasteiger charge is 2.10. The molecule has 0 spiro atoms. The summed E-state index contributed by atoms with van der Waals surface area (Å²) in [6.07, 6.45) is 0. The molecule has 0 aliphatic carbocycles. The number of aliphatic hydroxyl groups is 1. The molecule has 0 amide bonds. The lowest BCUT2D eigenvalue weighted by Gasteiger charge is -2.14. The molecule has 0 bridgehead atoms. The molecule has 17 heavy (non-hydrogen) atoms. The second kappa shape index (κ2) is 7.92. The predicted octanol–water partition coefficient (Wildman–Crippen LogP) is 1.99. The molecule has 4 nitrogen and oxygen atoms in total. The van der Waals surface area contributed by atoms with Crippen molar-refractivity contribution in [2.45, 2.75) is 20.5 Å². The Morgan fingerprint density at radius 1 is 1.06 bits per heavy atom. The Hall–Kier alpha value is -1.26. The lowest BCUT2D eigenvalue weighted by atomic mass is 10.2. The molecule has 0 fully saturated rings. The fraction of sp³-hybridized carbons (Fsp3) is 0.538. The van der Waals surface area contributed by atoms with Crippen LogP contribution in [-0.2, 0) is 11.3 Å². The number of rotatable bonds is 8. The van der Waals surface area contributed by atoms with Crippen molar-refractivity contribution in [1.82, 2.24) is 0 Å². The number of aliphatic hydroxyl groups excluding tert-OH is 1. The number of para-hydroxylation sites is 1. The number of benzene rings is 1. The summed E-state index contributed by atoms with van der Waals surface area (Å²) in [4.78, 5) is 0. The summed E-state index contributed by atoms with van der Waals surface area (Å²) in [5.74, 6) is 1.27. The molecule has 1 rings (SSSR count).